The van der Waals surface area contributed by atoms with E-state index in [1.165, 1.54) is 25.7 Å². The Balaban J connectivity index is 2.21. The van der Waals surface area contributed by atoms with Gasteiger partial charge in [-0.25, -0.2) is 5.32 Å². The van der Waals surface area contributed by atoms with E-state index in [0.29, 0.717) is 0 Å². The predicted molar refractivity (Wildman–Crippen MR) is 44.0 cm³/mol. The standard InChI is InChI=1S/C9H16N/c1-2-4-9-5-3-7-10-8-6-9/h2,9H,1,3-8H2. The molecule has 1 radical (unpaired) electrons. The maximum absolute atomic E-state index is 4.37. The lowest BCUT2D eigenvalue weighted by molar-refractivity contribution is 0.478. The molecule has 1 rings (SSSR count). The SMILES string of the molecule is C=CCC1CCC[N]CC1. The van der Waals surface area contributed by atoms with Crippen LogP contribution < -0.4 is 5.32 Å². The summed E-state index contributed by atoms with van der Waals surface area (Å²) in [6, 6.07) is 0. The molecule has 1 heterocycles. The monoisotopic (exact) mass is 138 g/mol. The topological polar surface area (TPSA) is 14.1 Å². The first-order valence-electron chi connectivity index (χ1n) is 4.17. The summed E-state index contributed by atoms with van der Waals surface area (Å²) in [4.78, 5) is 0. The Morgan fingerprint density at radius 1 is 1.40 bits per heavy atom. The summed E-state index contributed by atoms with van der Waals surface area (Å²) in [5.74, 6) is 0.878. The molecule has 0 aliphatic carbocycles. The van der Waals surface area contributed by atoms with Crippen molar-refractivity contribution in [2.45, 2.75) is 25.7 Å². The van der Waals surface area contributed by atoms with Crippen LogP contribution in [0.4, 0.5) is 0 Å². The largest absolute Gasteiger partial charge is 0.242 e. The average Bonchev–Trinajstić information content (AvgIpc) is 2.17. The summed E-state index contributed by atoms with van der Waals surface area (Å²) in [6.07, 6.45) is 7.16. The van der Waals surface area contributed by atoms with Crippen LogP contribution in [0.3, 0.4) is 0 Å². The molecule has 1 aliphatic heterocycles. The van der Waals surface area contributed by atoms with Crippen LogP contribution in [0.1, 0.15) is 25.7 Å². The Labute approximate surface area is 63.5 Å². The van der Waals surface area contributed by atoms with Crippen LogP contribution in [0.5, 0.6) is 0 Å². The molecule has 1 heteroatoms. The quantitative estimate of drug-likeness (QED) is 0.518. The van der Waals surface area contributed by atoms with E-state index in [9.17, 15) is 0 Å². The summed E-state index contributed by atoms with van der Waals surface area (Å²) in [7, 11) is 0. The van der Waals surface area contributed by atoms with Crippen LogP contribution in [0.15, 0.2) is 12.7 Å². The lowest BCUT2D eigenvalue weighted by atomic mass is 9.97. The Kier molecular flexibility index (Phi) is 3.52. The van der Waals surface area contributed by atoms with E-state index >= 15 is 0 Å². The predicted octanol–water partition coefficient (Wildman–Crippen LogP) is 1.97. The van der Waals surface area contributed by atoms with Crippen LogP contribution in [0.25, 0.3) is 0 Å². The van der Waals surface area contributed by atoms with Crippen molar-refractivity contribution in [1.29, 1.82) is 0 Å². The van der Waals surface area contributed by atoms with Gasteiger partial charge >= 0.3 is 0 Å². The minimum absolute atomic E-state index is 0.878. The first kappa shape index (κ1) is 7.80. The molecule has 1 atom stereocenters. The Bertz CT molecular complexity index is 90.9. The Morgan fingerprint density at radius 2 is 2.30 bits per heavy atom. The van der Waals surface area contributed by atoms with Gasteiger partial charge in [0, 0.05) is 13.1 Å². The summed E-state index contributed by atoms with van der Waals surface area (Å²) in [6.45, 7) is 5.93. The minimum atomic E-state index is 0.878. The molecule has 0 N–H and O–H groups in total. The van der Waals surface area contributed by atoms with Gasteiger partial charge in [-0.3, -0.25) is 0 Å². The second-order valence-electron chi connectivity index (χ2n) is 2.99. The summed E-state index contributed by atoms with van der Waals surface area (Å²) >= 11 is 0. The van der Waals surface area contributed by atoms with Crippen molar-refractivity contribution in [3.05, 3.63) is 12.7 Å². The molecule has 1 unspecified atom stereocenters. The highest BCUT2D eigenvalue weighted by molar-refractivity contribution is 4.75. The highest BCUT2D eigenvalue weighted by Crippen LogP contribution is 2.17. The van der Waals surface area contributed by atoms with Gasteiger partial charge in [-0.2, -0.15) is 0 Å². The fourth-order valence-corrected chi connectivity index (χ4v) is 1.49. The zero-order chi connectivity index (χ0) is 7.23. The normalized spacial score (nSPS) is 27.4. The smallest absolute Gasteiger partial charge is 0.0136 e. The number of rotatable bonds is 2. The average molecular weight is 138 g/mol. The Hall–Kier alpha value is -0.300. The van der Waals surface area contributed by atoms with E-state index in [1.807, 2.05) is 6.08 Å². The van der Waals surface area contributed by atoms with Crippen molar-refractivity contribution in [3.63, 3.8) is 0 Å². The summed E-state index contributed by atoms with van der Waals surface area (Å²) in [5.41, 5.74) is 0. The zero-order valence-electron chi connectivity index (χ0n) is 6.55. The fourth-order valence-electron chi connectivity index (χ4n) is 1.49. The van der Waals surface area contributed by atoms with Crippen LogP contribution >= 0.6 is 0 Å². The van der Waals surface area contributed by atoms with Crippen LogP contribution in [0.2, 0.25) is 0 Å². The van der Waals surface area contributed by atoms with E-state index in [0.717, 1.165) is 19.0 Å². The lowest BCUT2D eigenvalue weighted by Crippen LogP contribution is -2.05. The fraction of sp³-hybridized carbons (Fsp3) is 0.778. The van der Waals surface area contributed by atoms with Crippen LogP contribution in [0, 0.1) is 5.92 Å². The van der Waals surface area contributed by atoms with E-state index in [-0.39, 0.29) is 0 Å². The maximum Gasteiger partial charge on any atom is 0.0136 e. The van der Waals surface area contributed by atoms with Crippen molar-refractivity contribution in [3.8, 4) is 0 Å². The molecule has 1 nitrogen and oxygen atoms in total. The van der Waals surface area contributed by atoms with Gasteiger partial charge in [-0.05, 0) is 31.6 Å². The van der Waals surface area contributed by atoms with Gasteiger partial charge in [0.05, 0.1) is 0 Å². The van der Waals surface area contributed by atoms with Gasteiger partial charge in [-0.15, -0.1) is 6.58 Å². The molecule has 0 aromatic rings. The molecular formula is C9H16N. The maximum atomic E-state index is 4.37. The van der Waals surface area contributed by atoms with E-state index in [4.69, 9.17) is 0 Å². The second-order valence-corrected chi connectivity index (χ2v) is 2.99. The third-order valence-corrected chi connectivity index (χ3v) is 2.12. The van der Waals surface area contributed by atoms with Crippen molar-refractivity contribution >= 4 is 0 Å². The molecule has 0 aromatic carbocycles. The molecule has 1 saturated heterocycles. The molecule has 1 fully saturated rings. The first-order valence-corrected chi connectivity index (χ1v) is 4.17. The summed E-state index contributed by atoms with van der Waals surface area (Å²) < 4.78 is 0. The zero-order valence-corrected chi connectivity index (χ0v) is 6.55. The molecule has 0 saturated carbocycles. The third kappa shape index (κ3) is 2.53. The third-order valence-electron chi connectivity index (χ3n) is 2.12. The Morgan fingerprint density at radius 3 is 3.10 bits per heavy atom. The van der Waals surface area contributed by atoms with Crippen LogP contribution in [-0.2, 0) is 0 Å². The van der Waals surface area contributed by atoms with Crippen molar-refractivity contribution in [2.75, 3.05) is 13.1 Å². The number of nitrogens with zero attached hydrogens (tertiary/aromatic N) is 1. The van der Waals surface area contributed by atoms with Gasteiger partial charge in [0.1, 0.15) is 0 Å². The molecule has 57 valence electrons. The molecule has 0 aromatic heterocycles. The molecular weight excluding hydrogens is 122 g/mol. The van der Waals surface area contributed by atoms with Crippen molar-refractivity contribution < 1.29 is 0 Å². The summed E-state index contributed by atoms with van der Waals surface area (Å²) in [5, 5.41) is 4.37. The van der Waals surface area contributed by atoms with Gasteiger partial charge in [0.2, 0.25) is 0 Å². The van der Waals surface area contributed by atoms with E-state index in [1.54, 1.807) is 0 Å². The minimum Gasteiger partial charge on any atom is -0.242 e. The molecule has 1 aliphatic rings. The highest BCUT2D eigenvalue weighted by atomic mass is 14.8. The number of hydrogen-bond donors (Lipinski definition) is 0. The molecule has 0 amide bonds. The number of allylic oxidation sites excluding steroid dienone is 1. The van der Waals surface area contributed by atoms with Crippen molar-refractivity contribution in [1.82, 2.24) is 5.32 Å². The van der Waals surface area contributed by atoms with E-state index in [2.05, 4.69) is 11.9 Å². The first-order chi connectivity index (χ1) is 4.93. The molecule has 10 heavy (non-hydrogen) atoms. The second kappa shape index (κ2) is 4.51. The lowest BCUT2D eigenvalue weighted by Gasteiger charge is -2.08. The van der Waals surface area contributed by atoms with Gasteiger partial charge in [0.15, 0.2) is 0 Å². The van der Waals surface area contributed by atoms with Gasteiger partial charge in [0.25, 0.3) is 0 Å². The highest BCUT2D eigenvalue weighted by Gasteiger charge is 2.09. The van der Waals surface area contributed by atoms with Crippen molar-refractivity contribution in [2.24, 2.45) is 5.92 Å². The number of hydrogen-bond acceptors (Lipinski definition) is 0. The van der Waals surface area contributed by atoms with Gasteiger partial charge < -0.3 is 0 Å². The molecule has 0 spiro atoms. The molecule has 0 bridgehead atoms. The van der Waals surface area contributed by atoms with Crippen LogP contribution in [-0.4, -0.2) is 13.1 Å². The van der Waals surface area contributed by atoms with E-state index < -0.39 is 0 Å². The van der Waals surface area contributed by atoms with Gasteiger partial charge in [-0.1, -0.05) is 6.08 Å².